The van der Waals surface area contributed by atoms with Crippen LogP contribution in [0.5, 0.6) is 0 Å². The summed E-state index contributed by atoms with van der Waals surface area (Å²) in [4.78, 5) is 30.0. The number of alkyl halides is 1. The van der Waals surface area contributed by atoms with Crippen molar-refractivity contribution in [3.8, 4) is 5.69 Å². The summed E-state index contributed by atoms with van der Waals surface area (Å²) in [6.45, 7) is 1.24. The number of urea groups is 1. The first kappa shape index (κ1) is 19.5. The summed E-state index contributed by atoms with van der Waals surface area (Å²) < 4.78 is 29.2. The average molecular weight is 425 g/mol. The molecule has 1 atom stereocenters. The van der Waals surface area contributed by atoms with E-state index in [2.05, 4.69) is 5.10 Å². The van der Waals surface area contributed by atoms with Crippen molar-refractivity contribution in [1.82, 2.24) is 19.6 Å². The predicted molar refractivity (Wildman–Crippen MR) is 111 cm³/mol. The maximum Gasteiger partial charge on any atom is 0.325 e. The summed E-state index contributed by atoms with van der Waals surface area (Å²) in [6, 6.07) is 11.5. The van der Waals surface area contributed by atoms with Crippen molar-refractivity contribution in [2.75, 3.05) is 37.6 Å². The van der Waals surface area contributed by atoms with Crippen molar-refractivity contribution in [3.05, 3.63) is 54.5 Å². The molecule has 0 radical (unpaired) electrons. The van der Waals surface area contributed by atoms with E-state index in [0.29, 0.717) is 48.3 Å². The summed E-state index contributed by atoms with van der Waals surface area (Å²) in [7, 11) is 0. The molecule has 160 valence electrons. The van der Waals surface area contributed by atoms with Gasteiger partial charge in [-0.15, -0.1) is 0 Å². The van der Waals surface area contributed by atoms with E-state index in [1.807, 2.05) is 12.1 Å². The molecule has 3 heterocycles. The smallest absolute Gasteiger partial charge is 0.325 e. The number of amides is 3. The second kappa shape index (κ2) is 7.64. The standard InChI is InChI=1S/C22H21F2N5O2/c23-15-8-9-26(13-15)21(30)14-27-10-11-28(22(27)31)18-6-3-7-19-16(18)12-25-29(19)20-5-2-1-4-17(20)24/h1-7,12,15H,8-11,13-14H2. The molecule has 2 aliphatic heterocycles. The van der Waals surface area contributed by atoms with E-state index in [-0.39, 0.29) is 25.0 Å². The highest BCUT2D eigenvalue weighted by Crippen LogP contribution is 2.31. The molecule has 2 aromatic carbocycles. The van der Waals surface area contributed by atoms with Crippen LogP contribution in [-0.2, 0) is 4.79 Å². The van der Waals surface area contributed by atoms with Crippen LogP contribution in [0.15, 0.2) is 48.7 Å². The summed E-state index contributed by atoms with van der Waals surface area (Å²) in [5.74, 6) is -0.627. The first-order valence-electron chi connectivity index (χ1n) is 10.2. The molecule has 2 saturated heterocycles. The molecule has 9 heteroatoms. The van der Waals surface area contributed by atoms with Gasteiger partial charge in [0.15, 0.2) is 0 Å². The van der Waals surface area contributed by atoms with Gasteiger partial charge in [-0.25, -0.2) is 18.3 Å². The van der Waals surface area contributed by atoms with Gasteiger partial charge < -0.3 is 9.80 Å². The van der Waals surface area contributed by atoms with Crippen molar-refractivity contribution in [2.45, 2.75) is 12.6 Å². The zero-order valence-corrected chi connectivity index (χ0v) is 16.7. The van der Waals surface area contributed by atoms with Crippen molar-refractivity contribution >= 4 is 28.5 Å². The topological polar surface area (TPSA) is 61.7 Å². The molecule has 31 heavy (non-hydrogen) atoms. The van der Waals surface area contributed by atoms with Crippen LogP contribution < -0.4 is 4.90 Å². The van der Waals surface area contributed by atoms with Gasteiger partial charge >= 0.3 is 6.03 Å². The van der Waals surface area contributed by atoms with Gasteiger partial charge in [0.05, 0.1) is 23.9 Å². The lowest BCUT2D eigenvalue weighted by atomic mass is 10.2. The minimum atomic E-state index is -0.988. The number of hydrogen-bond donors (Lipinski definition) is 0. The molecule has 2 fully saturated rings. The second-order valence-electron chi connectivity index (χ2n) is 7.80. The maximum atomic E-state index is 14.3. The Balaban J connectivity index is 1.40. The zero-order chi connectivity index (χ0) is 21.5. The van der Waals surface area contributed by atoms with E-state index in [4.69, 9.17) is 0 Å². The van der Waals surface area contributed by atoms with Gasteiger partial charge in [-0.2, -0.15) is 5.10 Å². The Morgan fingerprint density at radius 1 is 1.06 bits per heavy atom. The number of fused-ring (bicyclic) bond motifs is 1. The Morgan fingerprint density at radius 3 is 2.65 bits per heavy atom. The van der Waals surface area contributed by atoms with E-state index < -0.39 is 12.0 Å². The summed E-state index contributed by atoms with van der Waals surface area (Å²) >= 11 is 0. The van der Waals surface area contributed by atoms with Gasteiger partial charge in [-0.05, 0) is 30.7 Å². The third-order valence-electron chi connectivity index (χ3n) is 5.87. The van der Waals surface area contributed by atoms with Crippen LogP contribution in [0.2, 0.25) is 0 Å². The molecule has 0 spiro atoms. The predicted octanol–water partition coefficient (Wildman–Crippen LogP) is 2.98. The molecule has 3 aromatic rings. The zero-order valence-electron chi connectivity index (χ0n) is 16.7. The Morgan fingerprint density at radius 2 is 1.87 bits per heavy atom. The number of halogens is 2. The lowest BCUT2D eigenvalue weighted by molar-refractivity contribution is -0.130. The summed E-state index contributed by atoms with van der Waals surface area (Å²) in [5.41, 5.74) is 1.66. The number of aromatic nitrogens is 2. The molecule has 0 saturated carbocycles. The Bertz CT molecular complexity index is 1160. The van der Waals surface area contributed by atoms with Crippen LogP contribution in [0.1, 0.15) is 6.42 Å². The van der Waals surface area contributed by atoms with Crippen LogP contribution in [0, 0.1) is 5.82 Å². The van der Waals surface area contributed by atoms with Gasteiger partial charge in [-0.3, -0.25) is 9.69 Å². The van der Waals surface area contributed by atoms with E-state index >= 15 is 0 Å². The maximum absolute atomic E-state index is 14.3. The van der Waals surface area contributed by atoms with Gasteiger partial charge in [0, 0.05) is 25.0 Å². The fourth-order valence-corrected chi connectivity index (χ4v) is 4.25. The fourth-order valence-electron chi connectivity index (χ4n) is 4.25. The molecule has 0 aliphatic carbocycles. The lowest BCUT2D eigenvalue weighted by Gasteiger charge is -2.22. The number of para-hydroxylation sites is 1. The molecule has 7 nitrogen and oxygen atoms in total. The molecule has 0 N–H and O–H groups in total. The van der Waals surface area contributed by atoms with Crippen LogP contribution in [0.25, 0.3) is 16.6 Å². The first-order chi connectivity index (χ1) is 15.0. The van der Waals surface area contributed by atoms with Crippen molar-refractivity contribution in [1.29, 1.82) is 0 Å². The third kappa shape index (κ3) is 3.39. The molecule has 0 bridgehead atoms. The monoisotopic (exact) mass is 425 g/mol. The largest absolute Gasteiger partial charge is 0.338 e. The van der Waals surface area contributed by atoms with Crippen LogP contribution in [0.4, 0.5) is 19.3 Å². The molecule has 2 aliphatic rings. The number of nitrogens with zero attached hydrogens (tertiary/aromatic N) is 5. The van der Waals surface area contributed by atoms with Crippen molar-refractivity contribution < 1.29 is 18.4 Å². The van der Waals surface area contributed by atoms with Gasteiger partial charge in [-0.1, -0.05) is 18.2 Å². The highest BCUT2D eigenvalue weighted by atomic mass is 19.1. The average Bonchev–Trinajstić information content (AvgIpc) is 3.48. The normalized spacial score (nSPS) is 19.1. The number of anilines is 1. The molecular formula is C22H21F2N5O2. The number of carbonyl (C=O) groups is 2. The quantitative estimate of drug-likeness (QED) is 0.646. The number of benzene rings is 2. The van der Waals surface area contributed by atoms with Crippen LogP contribution >= 0.6 is 0 Å². The molecule has 5 rings (SSSR count). The SMILES string of the molecule is O=C(CN1CCN(c2cccc3c2cnn3-c2ccccc2F)C1=O)N1CCC(F)C1. The summed E-state index contributed by atoms with van der Waals surface area (Å²) in [5, 5.41) is 5.05. The molecule has 1 unspecified atom stereocenters. The van der Waals surface area contributed by atoms with Gasteiger partial charge in [0.25, 0.3) is 0 Å². The second-order valence-corrected chi connectivity index (χ2v) is 7.80. The number of carbonyl (C=O) groups excluding carboxylic acids is 2. The van der Waals surface area contributed by atoms with E-state index in [0.717, 1.165) is 0 Å². The molecule has 1 aromatic heterocycles. The Kier molecular flexibility index (Phi) is 4.80. The van der Waals surface area contributed by atoms with E-state index in [1.165, 1.54) is 20.5 Å². The van der Waals surface area contributed by atoms with Crippen molar-refractivity contribution in [3.63, 3.8) is 0 Å². The minimum absolute atomic E-state index is 0.0630. The molecular weight excluding hydrogens is 404 g/mol. The van der Waals surface area contributed by atoms with Crippen molar-refractivity contribution in [2.24, 2.45) is 0 Å². The third-order valence-corrected chi connectivity index (χ3v) is 5.87. The fraction of sp³-hybridized carbons (Fsp3) is 0.318. The highest BCUT2D eigenvalue weighted by Gasteiger charge is 2.34. The number of hydrogen-bond acceptors (Lipinski definition) is 3. The first-order valence-corrected chi connectivity index (χ1v) is 10.2. The van der Waals surface area contributed by atoms with E-state index in [1.54, 1.807) is 35.4 Å². The Labute approximate surface area is 177 Å². The lowest BCUT2D eigenvalue weighted by Crippen LogP contribution is -2.41. The van der Waals surface area contributed by atoms with E-state index in [9.17, 15) is 18.4 Å². The Hall–Kier alpha value is -3.49. The highest BCUT2D eigenvalue weighted by molar-refractivity contribution is 6.04. The van der Waals surface area contributed by atoms with Gasteiger partial charge in [0.1, 0.15) is 24.2 Å². The van der Waals surface area contributed by atoms with Crippen LogP contribution in [0.3, 0.4) is 0 Å². The van der Waals surface area contributed by atoms with Gasteiger partial charge in [0.2, 0.25) is 5.91 Å². The molecule has 3 amide bonds. The minimum Gasteiger partial charge on any atom is -0.338 e. The summed E-state index contributed by atoms with van der Waals surface area (Å²) in [6.07, 6.45) is 0.974. The van der Waals surface area contributed by atoms with Crippen LogP contribution in [-0.4, -0.2) is 70.4 Å². The number of likely N-dealkylation sites (tertiary alicyclic amines) is 1. The number of rotatable bonds is 4.